The maximum absolute atomic E-state index is 11.1. The predicted molar refractivity (Wildman–Crippen MR) is 88.7 cm³/mol. The molecule has 124 valence electrons. The summed E-state index contributed by atoms with van der Waals surface area (Å²) in [6, 6.07) is 12.0. The highest BCUT2D eigenvalue weighted by Gasteiger charge is 2.10. The molecule has 0 heterocycles. The Morgan fingerprint density at radius 1 is 1.13 bits per heavy atom. The molecular formula is C17H20O5S. The van der Waals surface area contributed by atoms with Crippen molar-refractivity contribution in [1.29, 1.82) is 0 Å². The van der Waals surface area contributed by atoms with Gasteiger partial charge in [-0.05, 0) is 36.2 Å². The van der Waals surface area contributed by atoms with Gasteiger partial charge in [0.05, 0.1) is 12.9 Å². The van der Waals surface area contributed by atoms with Crippen LogP contribution < -0.4 is 8.92 Å². The summed E-state index contributed by atoms with van der Waals surface area (Å²) >= 11 is 0. The van der Waals surface area contributed by atoms with Crippen LogP contribution in [-0.2, 0) is 10.1 Å². The maximum atomic E-state index is 11.1. The van der Waals surface area contributed by atoms with Crippen LogP contribution in [0.3, 0.4) is 0 Å². The molecule has 0 aromatic heterocycles. The van der Waals surface area contributed by atoms with Crippen molar-refractivity contribution in [1.82, 2.24) is 0 Å². The first-order valence-corrected chi connectivity index (χ1v) is 8.98. The second-order valence-electron chi connectivity index (χ2n) is 5.52. The van der Waals surface area contributed by atoms with Gasteiger partial charge in [-0.15, -0.1) is 0 Å². The second kappa shape index (κ2) is 6.91. The smallest absolute Gasteiger partial charge is 0.306 e. The molecule has 0 bridgehead atoms. The Kier molecular flexibility index (Phi) is 5.15. The number of hydrogen-bond donors (Lipinski definition) is 1. The zero-order chi connectivity index (χ0) is 17.0. The van der Waals surface area contributed by atoms with Gasteiger partial charge < -0.3 is 14.0 Å². The number of phenols is 1. The molecule has 1 atom stereocenters. The summed E-state index contributed by atoms with van der Waals surface area (Å²) in [5.41, 5.74) is 1.88. The Bertz CT molecular complexity index is 783. The minimum atomic E-state index is -3.56. The van der Waals surface area contributed by atoms with Crippen LogP contribution in [0, 0.1) is 6.92 Å². The fraction of sp³-hybridized carbons (Fsp3) is 0.294. The molecule has 0 amide bonds. The van der Waals surface area contributed by atoms with E-state index < -0.39 is 10.1 Å². The standard InChI is InChI=1S/C17H20O5S/c1-12-9-14(7-8-17(12)18)13(2)11-21-15-5-4-6-16(10-15)22-23(3,19)20/h4-10,13,18H,11H2,1-3H3. The third-order valence-corrected chi connectivity index (χ3v) is 3.84. The van der Waals surface area contributed by atoms with Crippen molar-refractivity contribution in [2.75, 3.05) is 12.9 Å². The first-order chi connectivity index (χ1) is 10.7. The molecular weight excluding hydrogens is 316 g/mol. The van der Waals surface area contributed by atoms with Crippen LogP contribution in [0.25, 0.3) is 0 Å². The SMILES string of the molecule is Cc1cc(C(C)COc2cccc(OS(C)(=O)=O)c2)ccc1O. The number of aromatic hydroxyl groups is 1. The van der Waals surface area contributed by atoms with Crippen molar-refractivity contribution in [3.8, 4) is 17.2 Å². The fourth-order valence-electron chi connectivity index (χ4n) is 2.09. The van der Waals surface area contributed by atoms with Crippen molar-refractivity contribution in [2.45, 2.75) is 19.8 Å². The summed E-state index contributed by atoms with van der Waals surface area (Å²) < 4.78 is 32.8. The van der Waals surface area contributed by atoms with E-state index in [1.807, 2.05) is 26.0 Å². The van der Waals surface area contributed by atoms with Crippen LogP contribution in [0.15, 0.2) is 42.5 Å². The fourth-order valence-corrected chi connectivity index (χ4v) is 2.55. The molecule has 1 N–H and O–H groups in total. The van der Waals surface area contributed by atoms with Gasteiger partial charge in [0.2, 0.25) is 0 Å². The van der Waals surface area contributed by atoms with Crippen molar-refractivity contribution in [3.63, 3.8) is 0 Å². The second-order valence-corrected chi connectivity index (χ2v) is 7.10. The molecule has 2 aromatic rings. The van der Waals surface area contributed by atoms with Crippen LogP contribution >= 0.6 is 0 Å². The predicted octanol–water partition coefficient (Wildman–Crippen LogP) is 3.22. The molecule has 0 aliphatic rings. The van der Waals surface area contributed by atoms with Crippen molar-refractivity contribution in [3.05, 3.63) is 53.6 Å². The Morgan fingerprint density at radius 3 is 2.48 bits per heavy atom. The van der Waals surface area contributed by atoms with Crippen LogP contribution in [0.1, 0.15) is 24.0 Å². The molecule has 0 spiro atoms. The highest BCUT2D eigenvalue weighted by molar-refractivity contribution is 7.86. The first-order valence-electron chi connectivity index (χ1n) is 7.16. The molecule has 0 saturated carbocycles. The van der Waals surface area contributed by atoms with E-state index in [-0.39, 0.29) is 17.4 Å². The molecule has 0 aliphatic carbocycles. The highest BCUT2D eigenvalue weighted by Crippen LogP contribution is 2.25. The van der Waals surface area contributed by atoms with E-state index >= 15 is 0 Å². The zero-order valence-corrected chi connectivity index (χ0v) is 14.1. The molecule has 0 aliphatic heterocycles. The third kappa shape index (κ3) is 5.17. The molecule has 2 aromatic carbocycles. The van der Waals surface area contributed by atoms with E-state index in [0.717, 1.165) is 17.4 Å². The third-order valence-electron chi connectivity index (χ3n) is 3.34. The minimum absolute atomic E-state index is 0.119. The molecule has 0 radical (unpaired) electrons. The number of benzene rings is 2. The normalized spacial score (nSPS) is 12.7. The molecule has 0 saturated heterocycles. The maximum Gasteiger partial charge on any atom is 0.306 e. The highest BCUT2D eigenvalue weighted by atomic mass is 32.2. The topological polar surface area (TPSA) is 72.8 Å². The van der Waals surface area contributed by atoms with Gasteiger partial charge in [-0.3, -0.25) is 0 Å². The quantitative estimate of drug-likeness (QED) is 0.820. The van der Waals surface area contributed by atoms with Gasteiger partial charge in [0.15, 0.2) is 0 Å². The van der Waals surface area contributed by atoms with E-state index in [0.29, 0.717) is 12.4 Å². The van der Waals surface area contributed by atoms with Crippen molar-refractivity contribution < 1.29 is 22.4 Å². The monoisotopic (exact) mass is 336 g/mol. The Labute approximate surface area is 136 Å². The molecule has 2 rings (SSSR count). The lowest BCUT2D eigenvalue weighted by atomic mass is 10.00. The Hall–Kier alpha value is -2.21. The van der Waals surface area contributed by atoms with Crippen LogP contribution in [0.4, 0.5) is 0 Å². The number of aryl methyl sites for hydroxylation is 1. The van der Waals surface area contributed by atoms with Crippen LogP contribution in [-0.4, -0.2) is 26.4 Å². The molecule has 1 unspecified atom stereocenters. The summed E-state index contributed by atoms with van der Waals surface area (Å²) in [6.45, 7) is 4.29. The van der Waals surface area contributed by atoms with Gasteiger partial charge in [-0.25, -0.2) is 0 Å². The Morgan fingerprint density at radius 2 is 1.83 bits per heavy atom. The number of phenolic OH excluding ortho intramolecular Hbond substituents is 1. The van der Waals surface area contributed by atoms with Crippen molar-refractivity contribution >= 4 is 10.1 Å². The van der Waals surface area contributed by atoms with Gasteiger partial charge in [0.25, 0.3) is 0 Å². The average molecular weight is 336 g/mol. The first kappa shape index (κ1) is 17.1. The number of ether oxygens (including phenoxy) is 1. The summed E-state index contributed by atoms with van der Waals surface area (Å²) in [7, 11) is -3.56. The summed E-state index contributed by atoms with van der Waals surface area (Å²) in [6.07, 6.45) is 0.996. The van der Waals surface area contributed by atoms with Gasteiger partial charge in [-0.2, -0.15) is 8.42 Å². The lowest BCUT2D eigenvalue weighted by Crippen LogP contribution is -2.08. The van der Waals surface area contributed by atoms with Gasteiger partial charge in [-0.1, -0.05) is 25.1 Å². The minimum Gasteiger partial charge on any atom is -0.508 e. The number of hydrogen-bond acceptors (Lipinski definition) is 5. The van der Waals surface area contributed by atoms with Gasteiger partial charge in [0.1, 0.15) is 17.2 Å². The lowest BCUT2D eigenvalue weighted by Gasteiger charge is -2.15. The number of rotatable bonds is 6. The van der Waals surface area contributed by atoms with Crippen molar-refractivity contribution in [2.24, 2.45) is 0 Å². The van der Waals surface area contributed by atoms with Gasteiger partial charge >= 0.3 is 10.1 Å². The molecule has 0 fully saturated rings. The summed E-state index contributed by atoms with van der Waals surface area (Å²) in [4.78, 5) is 0. The Balaban J connectivity index is 2.02. The zero-order valence-electron chi connectivity index (χ0n) is 13.3. The summed E-state index contributed by atoms with van der Waals surface area (Å²) in [5.74, 6) is 1.15. The molecule has 5 nitrogen and oxygen atoms in total. The van der Waals surface area contributed by atoms with E-state index in [9.17, 15) is 13.5 Å². The van der Waals surface area contributed by atoms with Gasteiger partial charge in [0, 0.05) is 12.0 Å². The average Bonchev–Trinajstić information content (AvgIpc) is 2.46. The van der Waals surface area contributed by atoms with E-state index in [1.165, 1.54) is 6.07 Å². The van der Waals surface area contributed by atoms with E-state index in [1.54, 1.807) is 24.3 Å². The lowest BCUT2D eigenvalue weighted by molar-refractivity contribution is 0.295. The molecule has 23 heavy (non-hydrogen) atoms. The van der Waals surface area contributed by atoms with Crippen LogP contribution in [0.2, 0.25) is 0 Å². The van der Waals surface area contributed by atoms with E-state index in [2.05, 4.69) is 0 Å². The van der Waals surface area contributed by atoms with Crippen LogP contribution in [0.5, 0.6) is 17.2 Å². The summed E-state index contributed by atoms with van der Waals surface area (Å²) in [5, 5.41) is 9.56. The largest absolute Gasteiger partial charge is 0.508 e. The van der Waals surface area contributed by atoms with E-state index in [4.69, 9.17) is 8.92 Å². The molecule has 6 heteroatoms.